The third kappa shape index (κ3) is 4.99. The number of unbranched alkanes of at least 4 members (excludes halogenated alkanes) is 1. The van der Waals surface area contributed by atoms with Gasteiger partial charge in [-0.05, 0) is 82.6 Å². The molecule has 0 saturated carbocycles. The van der Waals surface area contributed by atoms with Gasteiger partial charge in [-0.15, -0.1) is 0 Å². The van der Waals surface area contributed by atoms with Crippen molar-refractivity contribution in [3.63, 3.8) is 0 Å². The average molecular weight is 456 g/mol. The fourth-order valence-corrected chi connectivity index (χ4v) is 4.47. The molecule has 5 rings (SSSR count). The van der Waals surface area contributed by atoms with Crippen molar-refractivity contribution in [3.05, 3.63) is 66.2 Å². The summed E-state index contributed by atoms with van der Waals surface area (Å²) in [5.41, 5.74) is 5.67. The maximum atomic E-state index is 12.6. The van der Waals surface area contributed by atoms with E-state index >= 15 is 0 Å². The van der Waals surface area contributed by atoms with E-state index in [2.05, 4.69) is 24.8 Å². The van der Waals surface area contributed by atoms with Gasteiger partial charge in [0.25, 0.3) is 0 Å². The van der Waals surface area contributed by atoms with Crippen molar-refractivity contribution in [1.29, 1.82) is 0 Å². The van der Waals surface area contributed by atoms with Crippen LogP contribution in [0.2, 0.25) is 0 Å². The van der Waals surface area contributed by atoms with E-state index in [9.17, 15) is 4.79 Å². The van der Waals surface area contributed by atoms with Gasteiger partial charge in [0.2, 0.25) is 0 Å². The van der Waals surface area contributed by atoms with Crippen molar-refractivity contribution < 1.29 is 9.53 Å². The molecule has 174 valence electrons. The minimum Gasteiger partial charge on any atom is -0.462 e. The maximum absolute atomic E-state index is 12.6. The Labute approximate surface area is 199 Å². The van der Waals surface area contributed by atoms with Gasteiger partial charge in [-0.1, -0.05) is 12.1 Å². The van der Waals surface area contributed by atoms with E-state index in [0.717, 1.165) is 58.6 Å². The van der Waals surface area contributed by atoms with Crippen LogP contribution in [0.3, 0.4) is 0 Å². The second-order valence-electron chi connectivity index (χ2n) is 8.81. The molecular formula is C27H29N5O2. The van der Waals surface area contributed by atoms with Crippen LogP contribution in [-0.2, 0) is 4.74 Å². The Bertz CT molecular complexity index is 1290. The van der Waals surface area contributed by atoms with Crippen molar-refractivity contribution in [3.8, 4) is 22.6 Å². The number of esters is 1. The smallest absolute Gasteiger partial charge is 0.339 e. The molecular weight excluding hydrogens is 426 g/mol. The van der Waals surface area contributed by atoms with Crippen molar-refractivity contribution in [2.24, 2.45) is 0 Å². The maximum Gasteiger partial charge on any atom is 0.339 e. The van der Waals surface area contributed by atoms with Crippen molar-refractivity contribution in [2.75, 3.05) is 26.2 Å². The number of imidazole rings is 1. The first-order valence-electron chi connectivity index (χ1n) is 11.9. The lowest BCUT2D eigenvalue weighted by Crippen LogP contribution is -2.20. The number of aryl methyl sites for hydroxylation is 1. The number of nitrogens with one attached hydrogen (secondary N) is 1. The van der Waals surface area contributed by atoms with E-state index in [0.29, 0.717) is 12.2 Å². The molecule has 1 fully saturated rings. The predicted octanol–water partition coefficient (Wildman–Crippen LogP) is 5.03. The van der Waals surface area contributed by atoms with Crippen LogP contribution in [0, 0.1) is 6.92 Å². The van der Waals surface area contributed by atoms with Crippen LogP contribution in [0.15, 0.2) is 55.0 Å². The number of aromatic amines is 1. The van der Waals surface area contributed by atoms with Crippen LogP contribution >= 0.6 is 0 Å². The molecule has 4 heterocycles. The molecule has 7 heteroatoms. The molecule has 34 heavy (non-hydrogen) atoms. The van der Waals surface area contributed by atoms with Crippen LogP contribution in [0.1, 0.15) is 41.7 Å². The summed E-state index contributed by atoms with van der Waals surface area (Å²) >= 11 is 0. The number of aromatic nitrogens is 4. The number of hydrogen-bond donors (Lipinski definition) is 1. The number of fused-ring (bicyclic) bond motifs is 1. The van der Waals surface area contributed by atoms with E-state index in [-0.39, 0.29) is 5.97 Å². The van der Waals surface area contributed by atoms with Gasteiger partial charge in [-0.3, -0.25) is 9.97 Å². The molecule has 0 atom stereocenters. The van der Waals surface area contributed by atoms with Gasteiger partial charge < -0.3 is 14.6 Å². The third-order valence-electron chi connectivity index (χ3n) is 6.27. The molecule has 0 bridgehead atoms. The second-order valence-corrected chi connectivity index (χ2v) is 8.81. The highest BCUT2D eigenvalue weighted by Gasteiger charge is 2.15. The Hall–Kier alpha value is -3.58. The van der Waals surface area contributed by atoms with E-state index in [4.69, 9.17) is 4.74 Å². The highest BCUT2D eigenvalue weighted by atomic mass is 16.5. The van der Waals surface area contributed by atoms with E-state index in [1.54, 1.807) is 12.5 Å². The molecule has 0 amide bonds. The first-order valence-corrected chi connectivity index (χ1v) is 11.9. The zero-order valence-electron chi connectivity index (χ0n) is 19.5. The molecule has 0 spiro atoms. The molecule has 4 aromatic rings. The number of carbonyl (C=O) groups excluding carboxylic acids is 1. The minimum absolute atomic E-state index is 0.328. The van der Waals surface area contributed by atoms with Gasteiger partial charge in [0, 0.05) is 22.8 Å². The Morgan fingerprint density at radius 1 is 1.09 bits per heavy atom. The average Bonchev–Trinajstić information content (AvgIpc) is 3.55. The van der Waals surface area contributed by atoms with E-state index < -0.39 is 0 Å². The molecule has 1 N–H and O–H groups in total. The van der Waals surface area contributed by atoms with Crippen LogP contribution in [0.5, 0.6) is 0 Å². The first kappa shape index (κ1) is 22.2. The van der Waals surface area contributed by atoms with Crippen LogP contribution in [0.4, 0.5) is 0 Å². The van der Waals surface area contributed by atoms with E-state index in [1.807, 2.05) is 49.4 Å². The van der Waals surface area contributed by atoms with Gasteiger partial charge in [-0.2, -0.15) is 0 Å². The summed E-state index contributed by atoms with van der Waals surface area (Å²) in [6.45, 7) is 5.89. The summed E-state index contributed by atoms with van der Waals surface area (Å²) in [6, 6.07) is 13.7. The van der Waals surface area contributed by atoms with Crippen molar-refractivity contribution in [1.82, 2.24) is 24.8 Å². The lowest BCUT2D eigenvalue weighted by Gasteiger charge is -2.13. The largest absolute Gasteiger partial charge is 0.462 e. The van der Waals surface area contributed by atoms with Crippen molar-refractivity contribution in [2.45, 2.75) is 32.6 Å². The Morgan fingerprint density at radius 2 is 1.97 bits per heavy atom. The summed E-state index contributed by atoms with van der Waals surface area (Å²) in [7, 11) is 0. The molecule has 1 aliphatic heterocycles. The molecule has 1 aliphatic rings. The Kier molecular flexibility index (Phi) is 6.62. The number of carbonyl (C=O) groups is 1. The zero-order valence-corrected chi connectivity index (χ0v) is 19.5. The SMILES string of the molecule is Cc1cccc(-c2[nH]cnc2-c2ccc3ncc(C(=O)OCCCCN4CCCC4)cc3c2)n1. The van der Waals surface area contributed by atoms with Gasteiger partial charge in [0.05, 0.1) is 41.1 Å². The van der Waals surface area contributed by atoms with Gasteiger partial charge in [-0.25, -0.2) is 9.78 Å². The summed E-state index contributed by atoms with van der Waals surface area (Å²) < 4.78 is 5.51. The van der Waals surface area contributed by atoms with Crippen LogP contribution < -0.4 is 0 Å². The quantitative estimate of drug-likeness (QED) is 0.296. The second kappa shape index (κ2) is 10.1. The highest BCUT2D eigenvalue weighted by molar-refractivity contribution is 5.95. The molecule has 0 radical (unpaired) electrons. The van der Waals surface area contributed by atoms with Gasteiger partial charge >= 0.3 is 5.97 Å². The standard InChI is InChI=1S/C27H29N5O2/c1-19-7-6-8-24(31-19)26-25(29-18-30-26)20-9-10-23-21(15-20)16-22(17-28-23)27(33)34-14-5-4-13-32-11-2-3-12-32/h6-10,15-18H,2-5,11-14H2,1H3,(H,29,30). The highest BCUT2D eigenvalue weighted by Crippen LogP contribution is 2.30. The Balaban J connectivity index is 1.28. The number of nitrogens with zero attached hydrogens (tertiary/aromatic N) is 4. The lowest BCUT2D eigenvalue weighted by molar-refractivity contribution is 0.0495. The first-order chi connectivity index (χ1) is 16.7. The third-order valence-corrected chi connectivity index (χ3v) is 6.27. The van der Waals surface area contributed by atoms with E-state index in [1.165, 1.54) is 25.9 Å². The van der Waals surface area contributed by atoms with Crippen molar-refractivity contribution >= 4 is 16.9 Å². The van der Waals surface area contributed by atoms with Crippen LogP contribution in [0.25, 0.3) is 33.5 Å². The number of ether oxygens (including phenoxy) is 1. The normalized spacial score (nSPS) is 14.0. The van der Waals surface area contributed by atoms with Gasteiger partial charge in [0.15, 0.2) is 0 Å². The lowest BCUT2D eigenvalue weighted by atomic mass is 10.0. The summed E-state index contributed by atoms with van der Waals surface area (Å²) in [5.74, 6) is -0.328. The number of pyridine rings is 2. The minimum atomic E-state index is -0.328. The topological polar surface area (TPSA) is 84.0 Å². The number of hydrogen-bond acceptors (Lipinski definition) is 6. The number of H-pyrrole nitrogens is 1. The van der Waals surface area contributed by atoms with Crippen LogP contribution in [-0.4, -0.2) is 57.0 Å². The summed E-state index contributed by atoms with van der Waals surface area (Å²) in [4.78, 5) is 31.9. The summed E-state index contributed by atoms with van der Waals surface area (Å²) in [6.07, 6.45) is 7.79. The Morgan fingerprint density at radius 3 is 2.82 bits per heavy atom. The fourth-order valence-electron chi connectivity index (χ4n) is 4.47. The summed E-state index contributed by atoms with van der Waals surface area (Å²) in [5, 5.41) is 0.868. The molecule has 1 aromatic carbocycles. The molecule has 7 nitrogen and oxygen atoms in total. The number of benzene rings is 1. The monoisotopic (exact) mass is 455 g/mol. The molecule has 1 saturated heterocycles. The fraction of sp³-hybridized carbons (Fsp3) is 0.333. The molecule has 0 aliphatic carbocycles. The van der Waals surface area contributed by atoms with Gasteiger partial charge in [0.1, 0.15) is 0 Å². The predicted molar refractivity (Wildman–Crippen MR) is 132 cm³/mol. The molecule has 0 unspecified atom stereocenters. The number of likely N-dealkylation sites (tertiary alicyclic amines) is 1. The molecule has 3 aromatic heterocycles. The zero-order chi connectivity index (χ0) is 23.3. The number of rotatable bonds is 8.